The first-order valence-electron chi connectivity index (χ1n) is 9.15. The lowest BCUT2D eigenvalue weighted by Gasteiger charge is -2.26. The first-order chi connectivity index (χ1) is 12.6. The Labute approximate surface area is 155 Å². The smallest absolute Gasteiger partial charge is 0.164 e. The van der Waals surface area contributed by atoms with Crippen LogP contribution in [-0.2, 0) is 13.0 Å². The van der Waals surface area contributed by atoms with Crippen molar-refractivity contribution in [3.63, 3.8) is 0 Å². The normalized spacial score (nSPS) is 14.8. The molecule has 140 valence electrons. The fraction of sp³-hybridized carbons (Fsp3) is 0.476. The Hall–Kier alpha value is -2.27. The van der Waals surface area contributed by atoms with Crippen LogP contribution in [0.25, 0.3) is 0 Å². The fourth-order valence-electron chi connectivity index (χ4n) is 3.14. The molecule has 1 aromatic carbocycles. The van der Waals surface area contributed by atoms with E-state index >= 15 is 0 Å². The standard InChI is InChI=1S/C21H28N2O3/c1-15-6-7-22-18(10-15)11-16(2)23(3)14-17-12-20-21(13-19(17)24-4)26-9-5-8-25-20/h6-7,10,12-13,16H,5,8-9,11,14H2,1-4H3. The highest BCUT2D eigenvalue weighted by Crippen LogP contribution is 2.37. The SMILES string of the molecule is COc1cc2c(cc1CN(C)C(C)Cc1cc(C)ccn1)OCCCO2. The van der Waals surface area contributed by atoms with Crippen molar-refractivity contribution in [2.75, 3.05) is 27.4 Å². The molecule has 2 aromatic rings. The summed E-state index contributed by atoms with van der Waals surface area (Å²) in [5.41, 5.74) is 3.47. The zero-order valence-electron chi connectivity index (χ0n) is 16.1. The topological polar surface area (TPSA) is 43.8 Å². The summed E-state index contributed by atoms with van der Waals surface area (Å²) in [4.78, 5) is 6.79. The number of ether oxygens (including phenoxy) is 3. The van der Waals surface area contributed by atoms with Gasteiger partial charge in [0.1, 0.15) is 5.75 Å². The minimum absolute atomic E-state index is 0.352. The van der Waals surface area contributed by atoms with E-state index in [1.165, 1.54) is 5.56 Å². The molecule has 1 aromatic heterocycles. The van der Waals surface area contributed by atoms with Crippen molar-refractivity contribution in [3.05, 3.63) is 47.3 Å². The van der Waals surface area contributed by atoms with Crippen molar-refractivity contribution >= 4 is 0 Å². The first kappa shape index (κ1) is 18.5. The minimum Gasteiger partial charge on any atom is -0.496 e. The Morgan fingerprint density at radius 1 is 1.19 bits per heavy atom. The van der Waals surface area contributed by atoms with Crippen molar-refractivity contribution in [1.82, 2.24) is 9.88 Å². The molecule has 0 amide bonds. The van der Waals surface area contributed by atoms with Crippen LogP contribution < -0.4 is 14.2 Å². The molecule has 0 spiro atoms. The maximum atomic E-state index is 5.83. The number of methoxy groups -OCH3 is 1. The average molecular weight is 356 g/mol. The monoisotopic (exact) mass is 356 g/mol. The van der Waals surface area contributed by atoms with Crippen molar-refractivity contribution in [1.29, 1.82) is 0 Å². The Bertz CT molecular complexity index is 748. The van der Waals surface area contributed by atoms with Crippen LogP contribution in [-0.4, -0.2) is 43.3 Å². The van der Waals surface area contributed by atoms with Crippen LogP contribution in [0, 0.1) is 6.92 Å². The zero-order valence-corrected chi connectivity index (χ0v) is 16.1. The molecular weight excluding hydrogens is 328 g/mol. The van der Waals surface area contributed by atoms with Crippen LogP contribution in [0.2, 0.25) is 0 Å². The minimum atomic E-state index is 0.352. The number of benzene rings is 1. The van der Waals surface area contributed by atoms with Crippen LogP contribution >= 0.6 is 0 Å². The molecule has 0 N–H and O–H groups in total. The van der Waals surface area contributed by atoms with Gasteiger partial charge in [0.2, 0.25) is 0 Å². The van der Waals surface area contributed by atoms with E-state index in [0.29, 0.717) is 19.3 Å². The molecule has 3 rings (SSSR count). The third-order valence-corrected chi connectivity index (χ3v) is 4.80. The lowest BCUT2D eigenvalue weighted by molar-refractivity contribution is 0.242. The van der Waals surface area contributed by atoms with E-state index in [2.05, 4.69) is 36.8 Å². The number of likely N-dealkylation sites (N-methyl/N-ethyl adjacent to an activating group) is 1. The van der Waals surface area contributed by atoms with Gasteiger partial charge in [-0.25, -0.2) is 0 Å². The summed E-state index contributed by atoms with van der Waals surface area (Å²) >= 11 is 0. The largest absolute Gasteiger partial charge is 0.496 e. The Kier molecular flexibility index (Phi) is 5.99. The van der Waals surface area contributed by atoms with Crippen LogP contribution in [0.3, 0.4) is 0 Å². The number of hydrogen-bond donors (Lipinski definition) is 0. The third kappa shape index (κ3) is 4.47. The predicted molar refractivity (Wildman–Crippen MR) is 102 cm³/mol. The van der Waals surface area contributed by atoms with E-state index in [4.69, 9.17) is 14.2 Å². The van der Waals surface area contributed by atoms with E-state index in [1.807, 2.05) is 24.4 Å². The van der Waals surface area contributed by atoms with Crippen molar-refractivity contribution in [3.8, 4) is 17.2 Å². The summed E-state index contributed by atoms with van der Waals surface area (Å²) in [5.74, 6) is 2.41. The molecule has 0 saturated heterocycles. The molecule has 0 radical (unpaired) electrons. The molecule has 0 fully saturated rings. The van der Waals surface area contributed by atoms with Gasteiger partial charge in [0.05, 0.1) is 20.3 Å². The van der Waals surface area contributed by atoms with Crippen LogP contribution in [0.15, 0.2) is 30.5 Å². The molecule has 0 aliphatic carbocycles. The van der Waals surface area contributed by atoms with Gasteiger partial charge in [-0.15, -0.1) is 0 Å². The average Bonchev–Trinajstić information content (AvgIpc) is 2.85. The fourth-order valence-corrected chi connectivity index (χ4v) is 3.14. The zero-order chi connectivity index (χ0) is 18.5. The molecule has 1 unspecified atom stereocenters. The summed E-state index contributed by atoms with van der Waals surface area (Å²) in [6.45, 7) is 6.45. The number of hydrogen-bond acceptors (Lipinski definition) is 5. The quantitative estimate of drug-likeness (QED) is 0.791. The molecule has 0 bridgehead atoms. The second kappa shape index (κ2) is 8.41. The summed E-state index contributed by atoms with van der Waals surface area (Å²) in [6.07, 6.45) is 3.68. The van der Waals surface area contributed by atoms with Crippen LogP contribution in [0.4, 0.5) is 0 Å². The van der Waals surface area contributed by atoms with Crippen molar-refractivity contribution < 1.29 is 14.2 Å². The number of nitrogens with zero attached hydrogens (tertiary/aromatic N) is 2. The van der Waals surface area contributed by atoms with Gasteiger partial charge in [-0.2, -0.15) is 0 Å². The molecule has 5 nitrogen and oxygen atoms in total. The molecule has 5 heteroatoms. The number of pyridine rings is 1. The van der Waals surface area contributed by atoms with Crippen molar-refractivity contribution in [2.45, 2.75) is 39.3 Å². The highest BCUT2D eigenvalue weighted by Gasteiger charge is 2.18. The summed E-state index contributed by atoms with van der Waals surface area (Å²) in [7, 11) is 3.83. The number of aryl methyl sites for hydroxylation is 1. The predicted octanol–water partition coefficient (Wildman–Crippen LogP) is 3.62. The van der Waals surface area contributed by atoms with Crippen molar-refractivity contribution in [2.24, 2.45) is 0 Å². The Morgan fingerprint density at radius 3 is 2.62 bits per heavy atom. The molecule has 0 saturated carbocycles. The van der Waals surface area contributed by atoms with E-state index in [0.717, 1.165) is 47.9 Å². The van der Waals surface area contributed by atoms with E-state index in [9.17, 15) is 0 Å². The highest BCUT2D eigenvalue weighted by molar-refractivity contribution is 5.51. The lowest BCUT2D eigenvalue weighted by atomic mass is 10.1. The van der Waals surface area contributed by atoms with Gasteiger partial charge in [-0.05, 0) is 44.7 Å². The highest BCUT2D eigenvalue weighted by atomic mass is 16.5. The molecule has 1 aliphatic rings. The Morgan fingerprint density at radius 2 is 1.92 bits per heavy atom. The maximum Gasteiger partial charge on any atom is 0.164 e. The van der Waals surface area contributed by atoms with E-state index in [-0.39, 0.29) is 0 Å². The second-order valence-corrected chi connectivity index (χ2v) is 6.95. The number of rotatable bonds is 6. The molecule has 1 aliphatic heterocycles. The summed E-state index contributed by atoms with van der Waals surface area (Å²) in [5, 5.41) is 0. The molecule has 26 heavy (non-hydrogen) atoms. The first-order valence-corrected chi connectivity index (χ1v) is 9.15. The molecular formula is C21H28N2O3. The van der Waals surface area contributed by atoms with Gasteiger partial charge < -0.3 is 14.2 Å². The van der Waals surface area contributed by atoms with Crippen LogP contribution in [0.5, 0.6) is 17.2 Å². The van der Waals surface area contributed by atoms with E-state index in [1.54, 1.807) is 7.11 Å². The van der Waals surface area contributed by atoms with Gasteiger partial charge in [0, 0.05) is 48.9 Å². The van der Waals surface area contributed by atoms with Gasteiger partial charge >= 0.3 is 0 Å². The summed E-state index contributed by atoms with van der Waals surface area (Å²) in [6, 6.07) is 8.52. The van der Waals surface area contributed by atoms with Gasteiger partial charge in [-0.3, -0.25) is 9.88 Å². The molecule has 1 atom stereocenters. The lowest BCUT2D eigenvalue weighted by Crippen LogP contribution is -2.30. The number of fused-ring (bicyclic) bond motifs is 1. The van der Waals surface area contributed by atoms with Gasteiger partial charge in [0.15, 0.2) is 11.5 Å². The van der Waals surface area contributed by atoms with Crippen LogP contribution in [0.1, 0.15) is 30.2 Å². The summed E-state index contributed by atoms with van der Waals surface area (Å²) < 4.78 is 17.2. The third-order valence-electron chi connectivity index (χ3n) is 4.80. The van der Waals surface area contributed by atoms with Gasteiger partial charge in [0.25, 0.3) is 0 Å². The Balaban J connectivity index is 1.73. The molecule has 2 heterocycles. The second-order valence-electron chi connectivity index (χ2n) is 6.95. The van der Waals surface area contributed by atoms with Gasteiger partial charge in [-0.1, -0.05) is 0 Å². The van der Waals surface area contributed by atoms with E-state index < -0.39 is 0 Å². The maximum absolute atomic E-state index is 5.83. The number of aromatic nitrogens is 1.